The van der Waals surface area contributed by atoms with Gasteiger partial charge in [0.25, 0.3) is 0 Å². The van der Waals surface area contributed by atoms with Crippen LogP contribution in [-0.2, 0) is 6.42 Å². The molecule has 1 aromatic carbocycles. The van der Waals surface area contributed by atoms with Crippen LogP contribution in [0.1, 0.15) is 24.1 Å². The zero-order valence-corrected chi connectivity index (χ0v) is 11.9. The molecule has 0 amide bonds. The van der Waals surface area contributed by atoms with Crippen LogP contribution in [0, 0.1) is 0 Å². The van der Waals surface area contributed by atoms with Gasteiger partial charge in [-0.3, -0.25) is 4.98 Å². The third kappa shape index (κ3) is 3.73. The summed E-state index contributed by atoms with van der Waals surface area (Å²) in [5, 5.41) is 4.46. The van der Waals surface area contributed by atoms with E-state index in [-0.39, 0.29) is 12.0 Å². The molecule has 0 saturated heterocycles. The number of aromatic nitrogens is 1. The zero-order valence-electron chi connectivity index (χ0n) is 11.1. The predicted molar refractivity (Wildman–Crippen MR) is 80.7 cm³/mol. The topological polar surface area (TPSA) is 61.7 Å². The lowest BCUT2D eigenvalue weighted by Crippen LogP contribution is -2.16. The number of halogens is 1. The van der Waals surface area contributed by atoms with Crippen LogP contribution in [-0.4, -0.2) is 11.0 Å². The van der Waals surface area contributed by atoms with Crippen molar-refractivity contribution in [1.82, 2.24) is 4.98 Å². The van der Waals surface area contributed by atoms with E-state index in [2.05, 4.69) is 15.0 Å². The Bertz CT molecular complexity index is 591. The van der Waals surface area contributed by atoms with Crippen LogP contribution in [0.15, 0.2) is 53.8 Å². The highest BCUT2D eigenvalue weighted by Gasteiger charge is 2.19. The summed E-state index contributed by atoms with van der Waals surface area (Å²) in [5.74, 6) is 0.0979. The number of hydrogen-bond acceptors (Lipinski definition) is 2. The summed E-state index contributed by atoms with van der Waals surface area (Å²) in [7, 11) is 0. The molecule has 20 heavy (non-hydrogen) atoms. The minimum absolute atomic E-state index is 0.0979. The van der Waals surface area contributed by atoms with E-state index in [4.69, 9.17) is 17.1 Å². The zero-order chi connectivity index (χ0) is 14.4. The maximum atomic E-state index is 8.66. The van der Waals surface area contributed by atoms with Crippen LogP contribution in [0.3, 0.4) is 0 Å². The van der Waals surface area contributed by atoms with E-state index in [1.54, 1.807) is 6.20 Å². The van der Waals surface area contributed by atoms with Crippen molar-refractivity contribution in [3.63, 3.8) is 0 Å². The molecule has 0 radical (unpaired) electrons. The lowest BCUT2D eigenvalue weighted by molar-refractivity contribution is 0.557. The molecule has 0 unspecified atom stereocenters. The van der Waals surface area contributed by atoms with Crippen molar-refractivity contribution in [1.29, 1.82) is 0 Å². The summed E-state index contributed by atoms with van der Waals surface area (Å²) in [6.07, 6.45) is 2.35. The van der Waals surface area contributed by atoms with Gasteiger partial charge in [0.05, 0.1) is 5.02 Å². The quantitative estimate of drug-likeness (QED) is 0.444. The van der Waals surface area contributed by atoms with E-state index in [9.17, 15) is 0 Å². The number of rotatable bonds is 5. The highest BCUT2D eigenvalue weighted by molar-refractivity contribution is 6.30. The van der Waals surface area contributed by atoms with Crippen molar-refractivity contribution in [2.45, 2.75) is 25.3 Å². The van der Waals surface area contributed by atoms with E-state index < -0.39 is 0 Å². The van der Waals surface area contributed by atoms with Crippen molar-refractivity contribution >= 4 is 11.6 Å². The van der Waals surface area contributed by atoms with Crippen LogP contribution in [0.25, 0.3) is 10.4 Å². The Morgan fingerprint density at radius 2 is 2.00 bits per heavy atom. The second-order valence-electron chi connectivity index (χ2n) is 4.63. The molecule has 1 heterocycles. The molecule has 0 aliphatic heterocycles. The van der Waals surface area contributed by atoms with E-state index in [0.29, 0.717) is 11.4 Å². The maximum absolute atomic E-state index is 8.66. The van der Waals surface area contributed by atoms with Crippen LogP contribution < -0.4 is 0 Å². The van der Waals surface area contributed by atoms with Gasteiger partial charge in [-0.1, -0.05) is 54.0 Å². The molecule has 0 fully saturated rings. The molecule has 0 N–H and O–H groups in total. The molecular formula is C15H15ClN4. The monoisotopic (exact) mass is 286 g/mol. The molecule has 0 spiro atoms. The Morgan fingerprint density at radius 1 is 1.25 bits per heavy atom. The molecule has 5 heteroatoms. The third-order valence-corrected chi connectivity index (χ3v) is 3.49. The Labute approximate surface area is 123 Å². The first-order chi connectivity index (χ1) is 9.70. The molecule has 0 saturated carbocycles. The lowest BCUT2D eigenvalue weighted by atomic mass is 9.88. The van der Waals surface area contributed by atoms with E-state index in [1.807, 2.05) is 49.4 Å². The molecule has 2 atom stereocenters. The van der Waals surface area contributed by atoms with Gasteiger partial charge in [0.15, 0.2) is 0 Å². The normalized spacial score (nSPS) is 13.3. The van der Waals surface area contributed by atoms with Gasteiger partial charge in [-0.15, -0.1) is 0 Å². The highest BCUT2D eigenvalue weighted by Crippen LogP contribution is 2.26. The highest BCUT2D eigenvalue weighted by atomic mass is 35.5. The SMILES string of the molecule is C[C@H](N=[N+]=[N-])[C@@H](Cc1ccc(Cl)cn1)c1ccccc1. The molecule has 4 nitrogen and oxygen atoms in total. The number of pyridine rings is 1. The van der Waals surface area contributed by atoms with Crippen molar-refractivity contribution < 1.29 is 0 Å². The fourth-order valence-electron chi connectivity index (χ4n) is 2.18. The summed E-state index contributed by atoms with van der Waals surface area (Å²) < 4.78 is 0. The van der Waals surface area contributed by atoms with E-state index in [0.717, 1.165) is 11.3 Å². The van der Waals surface area contributed by atoms with Crippen molar-refractivity contribution in [2.75, 3.05) is 0 Å². The van der Waals surface area contributed by atoms with Gasteiger partial charge in [-0.05, 0) is 35.6 Å². The van der Waals surface area contributed by atoms with Gasteiger partial charge >= 0.3 is 0 Å². The molecule has 0 bridgehead atoms. The average molecular weight is 287 g/mol. The predicted octanol–water partition coefficient (Wildman–Crippen LogP) is 4.76. The van der Waals surface area contributed by atoms with Crippen LogP contribution in [0.5, 0.6) is 0 Å². The summed E-state index contributed by atoms with van der Waals surface area (Å²) in [6, 6.07) is 13.6. The van der Waals surface area contributed by atoms with E-state index >= 15 is 0 Å². The van der Waals surface area contributed by atoms with Crippen molar-refractivity contribution in [3.8, 4) is 0 Å². The first-order valence-electron chi connectivity index (χ1n) is 6.40. The Balaban J connectivity index is 2.27. The van der Waals surface area contributed by atoms with Gasteiger partial charge in [0.2, 0.25) is 0 Å². The summed E-state index contributed by atoms with van der Waals surface area (Å²) in [4.78, 5) is 7.24. The second kappa shape index (κ2) is 6.94. The van der Waals surface area contributed by atoms with Gasteiger partial charge in [0, 0.05) is 22.8 Å². The molecule has 2 rings (SSSR count). The van der Waals surface area contributed by atoms with Crippen LogP contribution in [0.2, 0.25) is 5.02 Å². The smallest absolute Gasteiger partial charge is 0.0589 e. The summed E-state index contributed by atoms with van der Waals surface area (Å²) in [6.45, 7) is 1.92. The van der Waals surface area contributed by atoms with Crippen molar-refractivity contribution in [3.05, 3.63) is 75.4 Å². The molecule has 0 aliphatic rings. The first-order valence-corrected chi connectivity index (χ1v) is 6.78. The molecule has 0 aliphatic carbocycles. The largest absolute Gasteiger partial charge is 0.260 e. The van der Waals surface area contributed by atoms with Gasteiger partial charge in [0.1, 0.15) is 0 Å². The molecule has 2 aromatic rings. The molecule has 1 aromatic heterocycles. The van der Waals surface area contributed by atoms with Gasteiger partial charge in [-0.2, -0.15) is 0 Å². The minimum Gasteiger partial charge on any atom is -0.260 e. The summed E-state index contributed by atoms with van der Waals surface area (Å²) >= 11 is 5.85. The fraction of sp³-hybridized carbons (Fsp3) is 0.267. The number of benzene rings is 1. The van der Waals surface area contributed by atoms with E-state index in [1.165, 1.54) is 0 Å². The average Bonchev–Trinajstić information content (AvgIpc) is 2.48. The van der Waals surface area contributed by atoms with Crippen LogP contribution >= 0.6 is 11.6 Å². The Morgan fingerprint density at radius 3 is 2.60 bits per heavy atom. The Kier molecular flexibility index (Phi) is 4.99. The van der Waals surface area contributed by atoms with Crippen molar-refractivity contribution in [2.24, 2.45) is 5.11 Å². The lowest BCUT2D eigenvalue weighted by Gasteiger charge is -2.20. The fourth-order valence-corrected chi connectivity index (χ4v) is 2.29. The summed E-state index contributed by atoms with van der Waals surface area (Å²) in [5.41, 5.74) is 10.7. The maximum Gasteiger partial charge on any atom is 0.0589 e. The van der Waals surface area contributed by atoms with Gasteiger partial charge in [-0.25, -0.2) is 0 Å². The number of azide groups is 1. The number of hydrogen-bond donors (Lipinski definition) is 0. The minimum atomic E-state index is -0.139. The number of nitrogens with zero attached hydrogens (tertiary/aromatic N) is 4. The Hall–Kier alpha value is -2.03. The molecular weight excluding hydrogens is 272 g/mol. The van der Waals surface area contributed by atoms with Gasteiger partial charge < -0.3 is 0 Å². The van der Waals surface area contributed by atoms with Crippen LogP contribution in [0.4, 0.5) is 0 Å². The standard InChI is InChI=1S/C15H15ClN4/c1-11(19-20-17)15(12-5-3-2-4-6-12)9-14-8-7-13(16)10-18-14/h2-8,10-11,15H,9H2,1H3/t11-,15+/m0/s1. The second-order valence-corrected chi connectivity index (χ2v) is 5.07. The first kappa shape index (κ1) is 14.4. The molecule has 102 valence electrons. The third-order valence-electron chi connectivity index (χ3n) is 3.26.